The fourth-order valence-corrected chi connectivity index (χ4v) is 2.36. The van der Waals surface area contributed by atoms with Crippen LogP contribution in [0.2, 0.25) is 10.0 Å². The third-order valence-corrected chi connectivity index (χ3v) is 3.65. The first kappa shape index (κ1) is 14.5. The van der Waals surface area contributed by atoms with E-state index in [2.05, 4.69) is 11.8 Å². The Hall–Kier alpha value is -1.86. The highest BCUT2D eigenvalue weighted by molar-refractivity contribution is 6.30. The van der Waals surface area contributed by atoms with Crippen LogP contribution in [0.4, 0.5) is 0 Å². The van der Waals surface area contributed by atoms with Crippen LogP contribution in [0.3, 0.4) is 0 Å². The van der Waals surface area contributed by atoms with Gasteiger partial charge in [0.15, 0.2) is 0 Å². The van der Waals surface area contributed by atoms with E-state index in [1.807, 2.05) is 48.5 Å². The fraction of sp³-hybridized carbons (Fsp3) is 0.111. The molecular formula is C18H12Cl2. The predicted octanol–water partition coefficient (Wildman–Crippen LogP) is 5.13. The van der Waals surface area contributed by atoms with Gasteiger partial charge in [0.2, 0.25) is 0 Å². The van der Waals surface area contributed by atoms with Crippen LogP contribution in [-0.4, -0.2) is 0 Å². The highest BCUT2D eigenvalue weighted by atomic mass is 35.5. The molecule has 2 aromatic carbocycles. The van der Waals surface area contributed by atoms with Crippen molar-refractivity contribution in [1.29, 1.82) is 0 Å². The molecule has 0 aromatic heterocycles. The molecule has 0 heterocycles. The third-order valence-electron chi connectivity index (χ3n) is 3.15. The van der Waals surface area contributed by atoms with Crippen LogP contribution >= 0.6 is 23.2 Å². The predicted molar refractivity (Wildman–Crippen MR) is 86.1 cm³/mol. The molecule has 0 saturated carbocycles. The maximum Gasteiger partial charge on any atom is 0.0628 e. The van der Waals surface area contributed by atoms with Crippen molar-refractivity contribution >= 4 is 23.2 Å². The fourth-order valence-electron chi connectivity index (χ4n) is 2.11. The van der Waals surface area contributed by atoms with Gasteiger partial charge in [-0.05, 0) is 35.4 Å². The maximum absolute atomic E-state index is 5.90. The molecule has 98 valence electrons. The lowest BCUT2D eigenvalue weighted by molar-refractivity contribution is 0.781. The molecule has 2 atom stereocenters. The lowest BCUT2D eigenvalue weighted by Crippen LogP contribution is -2.08. The van der Waals surface area contributed by atoms with Crippen LogP contribution < -0.4 is 0 Å². The zero-order valence-electron chi connectivity index (χ0n) is 10.7. The summed E-state index contributed by atoms with van der Waals surface area (Å²) < 4.78 is 0. The average molecular weight is 299 g/mol. The first-order valence-electron chi connectivity index (χ1n) is 6.09. The van der Waals surface area contributed by atoms with Gasteiger partial charge in [0.05, 0.1) is 11.8 Å². The number of rotatable bonds is 3. The summed E-state index contributed by atoms with van der Waals surface area (Å²) >= 11 is 11.8. The van der Waals surface area contributed by atoms with E-state index >= 15 is 0 Å². The molecule has 0 spiro atoms. The highest BCUT2D eigenvalue weighted by Gasteiger charge is 2.21. The molecule has 0 fully saturated rings. The van der Waals surface area contributed by atoms with Gasteiger partial charge in [-0.3, -0.25) is 0 Å². The summed E-state index contributed by atoms with van der Waals surface area (Å²) in [5, 5.41) is 1.35. The Bertz CT molecular complexity index is 593. The zero-order chi connectivity index (χ0) is 14.5. The summed E-state index contributed by atoms with van der Waals surface area (Å²) in [5.41, 5.74) is 1.96. The molecule has 0 N–H and O–H groups in total. The topological polar surface area (TPSA) is 0 Å². The second kappa shape index (κ2) is 6.53. The van der Waals surface area contributed by atoms with E-state index in [1.54, 1.807) is 0 Å². The molecular weight excluding hydrogens is 287 g/mol. The molecule has 0 unspecified atom stereocenters. The highest BCUT2D eigenvalue weighted by Crippen LogP contribution is 2.33. The van der Waals surface area contributed by atoms with Crippen molar-refractivity contribution in [3.05, 3.63) is 69.7 Å². The van der Waals surface area contributed by atoms with Crippen molar-refractivity contribution in [2.24, 2.45) is 0 Å². The summed E-state index contributed by atoms with van der Waals surface area (Å²) in [4.78, 5) is 0. The molecule has 0 aliphatic carbocycles. The van der Waals surface area contributed by atoms with E-state index in [1.165, 1.54) is 0 Å². The molecule has 0 nitrogen and oxygen atoms in total. The Kier molecular flexibility index (Phi) is 4.75. The zero-order valence-corrected chi connectivity index (χ0v) is 12.2. The van der Waals surface area contributed by atoms with E-state index in [0.717, 1.165) is 11.1 Å². The van der Waals surface area contributed by atoms with Gasteiger partial charge in [-0.25, -0.2) is 0 Å². The lowest BCUT2D eigenvalue weighted by atomic mass is 9.82. The SMILES string of the molecule is C#C[C@@H](c1ccc(Cl)cc1)[C@@H](C#C)c1ccc(Cl)cc1. The van der Waals surface area contributed by atoms with E-state index < -0.39 is 0 Å². The smallest absolute Gasteiger partial charge is 0.0628 e. The first-order chi connectivity index (χ1) is 9.65. The Morgan fingerprint density at radius 2 is 0.950 bits per heavy atom. The van der Waals surface area contributed by atoms with Crippen LogP contribution in [0.15, 0.2) is 48.5 Å². The first-order valence-corrected chi connectivity index (χ1v) is 6.84. The van der Waals surface area contributed by atoms with E-state index in [-0.39, 0.29) is 11.8 Å². The number of terminal acetylenes is 2. The molecule has 2 heteroatoms. The summed E-state index contributed by atoms with van der Waals surface area (Å²) in [5.74, 6) is 5.17. The van der Waals surface area contributed by atoms with Crippen molar-refractivity contribution in [2.45, 2.75) is 11.8 Å². The Labute approximate surface area is 129 Å². The van der Waals surface area contributed by atoms with Crippen molar-refractivity contribution in [3.63, 3.8) is 0 Å². The van der Waals surface area contributed by atoms with Crippen LogP contribution in [-0.2, 0) is 0 Å². The average Bonchev–Trinajstić information content (AvgIpc) is 2.47. The minimum atomic E-state index is -0.196. The van der Waals surface area contributed by atoms with Crippen LogP contribution in [0, 0.1) is 24.7 Å². The van der Waals surface area contributed by atoms with Crippen molar-refractivity contribution in [1.82, 2.24) is 0 Å². The number of benzene rings is 2. The Morgan fingerprint density at radius 3 is 1.20 bits per heavy atom. The minimum absolute atomic E-state index is 0.196. The van der Waals surface area contributed by atoms with Crippen LogP contribution in [0.25, 0.3) is 0 Å². The van der Waals surface area contributed by atoms with Gasteiger partial charge in [0.1, 0.15) is 0 Å². The summed E-state index contributed by atoms with van der Waals surface area (Å²) in [7, 11) is 0. The molecule has 2 aromatic rings. The molecule has 0 bridgehead atoms. The lowest BCUT2D eigenvalue weighted by Gasteiger charge is -2.19. The third kappa shape index (κ3) is 3.17. The summed E-state index contributed by atoms with van der Waals surface area (Å²) in [6.07, 6.45) is 11.4. The van der Waals surface area contributed by atoms with Gasteiger partial charge in [0, 0.05) is 10.0 Å². The molecule has 0 saturated heterocycles. The quantitative estimate of drug-likeness (QED) is 0.689. The second-order valence-corrected chi connectivity index (χ2v) is 5.26. The molecule has 0 amide bonds. The van der Waals surface area contributed by atoms with Gasteiger partial charge in [-0.1, -0.05) is 59.3 Å². The largest absolute Gasteiger partial charge is 0.119 e. The van der Waals surface area contributed by atoms with Gasteiger partial charge < -0.3 is 0 Å². The normalized spacial score (nSPS) is 13.0. The minimum Gasteiger partial charge on any atom is -0.119 e. The van der Waals surface area contributed by atoms with Gasteiger partial charge in [-0.2, -0.15) is 0 Å². The number of hydrogen-bond acceptors (Lipinski definition) is 0. The van der Waals surface area contributed by atoms with Gasteiger partial charge >= 0.3 is 0 Å². The van der Waals surface area contributed by atoms with Crippen molar-refractivity contribution in [3.8, 4) is 24.7 Å². The second-order valence-electron chi connectivity index (χ2n) is 4.39. The Morgan fingerprint density at radius 1 is 0.650 bits per heavy atom. The molecule has 0 radical (unpaired) electrons. The van der Waals surface area contributed by atoms with Crippen LogP contribution in [0.5, 0.6) is 0 Å². The maximum atomic E-state index is 5.90. The monoisotopic (exact) mass is 298 g/mol. The van der Waals surface area contributed by atoms with E-state index in [0.29, 0.717) is 10.0 Å². The van der Waals surface area contributed by atoms with Crippen LogP contribution in [0.1, 0.15) is 23.0 Å². The number of hydrogen-bond donors (Lipinski definition) is 0. The molecule has 0 aliphatic rings. The van der Waals surface area contributed by atoms with Gasteiger partial charge in [0.25, 0.3) is 0 Å². The van der Waals surface area contributed by atoms with E-state index in [4.69, 9.17) is 36.0 Å². The van der Waals surface area contributed by atoms with Crippen molar-refractivity contribution in [2.75, 3.05) is 0 Å². The summed E-state index contributed by atoms with van der Waals surface area (Å²) in [6.45, 7) is 0. The molecule has 0 aliphatic heterocycles. The van der Waals surface area contributed by atoms with Crippen molar-refractivity contribution < 1.29 is 0 Å². The standard InChI is InChI=1S/C18H12Cl2/c1-3-17(13-5-9-15(19)10-6-13)18(4-2)14-7-11-16(20)12-8-14/h1-2,5-12,17-18H/t17-,18-/m0/s1. The molecule has 20 heavy (non-hydrogen) atoms. The van der Waals surface area contributed by atoms with E-state index in [9.17, 15) is 0 Å². The number of halogens is 2. The Balaban J connectivity index is 2.38. The molecule has 2 rings (SSSR count). The van der Waals surface area contributed by atoms with Gasteiger partial charge in [-0.15, -0.1) is 12.8 Å². The summed E-state index contributed by atoms with van der Waals surface area (Å²) in [6, 6.07) is 14.9.